The summed E-state index contributed by atoms with van der Waals surface area (Å²) in [6, 6.07) is 8.19. The number of benzene rings is 1. The SMILES string of the molecule is FC(F)(F)COc1ccc(NCc2cc(Cl)cs2)cc1. The third-order valence-electron chi connectivity index (χ3n) is 2.35. The quantitative estimate of drug-likeness (QED) is 0.841. The van der Waals surface area contributed by atoms with E-state index < -0.39 is 12.8 Å². The summed E-state index contributed by atoms with van der Waals surface area (Å²) in [5.41, 5.74) is 0.800. The van der Waals surface area contributed by atoms with E-state index in [-0.39, 0.29) is 5.75 Å². The van der Waals surface area contributed by atoms with Gasteiger partial charge in [-0.2, -0.15) is 13.2 Å². The summed E-state index contributed by atoms with van der Waals surface area (Å²) in [4.78, 5) is 1.08. The lowest BCUT2D eigenvalue weighted by atomic mass is 10.3. The molecule has 20 heavy (non-hydrogen) atoms. The fourth-order valence-corrected chi connectivity index (χ4v) is 2.48. The van der Waals surface area contributed by atoms with Crippen molar-refractivity contribution in [2.75, 3.05) is 11.9 Å². The van der Waals surface area contributed by atoms with Crippen LogP contribution in [0.3, 0.4) is 0 Å². The van der Waals surface area contributed by atoms with Gasteiger partial charge < -0.3 is 10.1 Å². The van der Waals surface area contributed by atoms with Crippen molar-refractivity contribution in [3.63, 3.8) is 0 Å². The van der Waals surface area contributed by atoms with Gasteiger partial charge in [-0.3, -0.25) is 0 Å². The average molecular weight is 322 g/mol. The second-order valence-corrected chi connectivity index (χ2v) is 5.45. The van der Waals surface area contributed by atoms with Crippen molar-refractivity contribution >= 4 is 28.6 Å². The molecule has 2 aromatic rings. The number of alkyl halides is 3. The summed E-state index contributed by atoms with van der Waals surface area (Å²) in [6.45, 7) is -0.673. The zero-order valence-corrected chi connectivity index (χ0v) is 11.8. The van der Waals surface area contributed by atoms with E-state index in [9.17, 15) is 13.2 Å². The van der Waals surface area contributed by atoms with E-state index >= 15 is 0 Å². The zero-order valence-electron chi connectivity index (χ0n) is 10.2. The Hall–Kier alpha value is -1.40. The molecule has 0 unspecified atom stereocenters. The van der Waals surface area contributed by atoms with Gasteiger partial charge in [-0.05, 0) is 30.3 Å². The molecule has 0 spiro atoms. The van der Waals surface area contributed by atoms with Gasteiger partial charge in [-0.15, -0.1) is 11.3 Å². The summed E-state index contributed by atoms with van der Waals surface area (Å²) < 4.78 is 40.6. The van der Waals surface area contributed by atoms with Gasteiger partial charge in [-0.1, -0.05) is 11.6 Å². The smallest absolute Gasteiger partial charge is 0.422 e. The van der Waals surface area contributed by atoms with E-state index in [1.807, 2.05) is 11.4 Å². The van der Waals surface area contributed by atoms with Crippen molar-refractivity contribution in [1.29, 1.82) is 0 Å². The summed E-state index contributed by atoms with van der Waals surface area (Å²) in [5, 5.41) is 5.68. The summed E-state index contributed by atoms with van der Waals surface area (Å²) in [6.07, 6.45) is -4.32. The first kappa shape index (κ1) is 15.0. The van der Waals surface area contributed by atoms with Crippen molar-refractivity contribution < 1.29 is 17.9 Å². The zero-order chi connectivity index (χ0) is 14.6. The number of thiophene rings is 1. The Morgan fingerprint density at radius 3 is 2.45 bits per heavy atom. The van der Waals surface area contributed by atoms with Gasteiger partial charge in [0.15, 0.2) is 6.61 Å². The van der Waals surface area contributed by atoms with E-state index in [2.05, 4.69) is 10.1 Å². The molecule has 1 aromatic carbocycles. The number of anilines is 1. The molecule has 0 fully saturated rings. The molecule has 2 rings (SSSR count). The number of rotatable bonds is 5. The minimum atomic E-state index is -4.32. The van der Waals surface area contributed by atoms with Crippen LogP contribution in [-0.4, -0.2) is 12.8 Å². The molecule has 0 aliphatic rings. The Morgan fingerprint density at radius 1 is 1.20 bits per heavy atom. The van der Waals surface area contributed by atoms with Crippen LogP contribution in [-0.2, 0) is 6.54 Å². The molecule has 7 heteroatoms. The van der Waals surface area contributed by atoms with Crippen LogP contribution < -0.4 is 10.1 Å². The van der Waals surface area contributed by atoms with E-state index in [4.69, 9.17) is 11.6 Å². The monoisotopic (exact) mass is 321 g/mol. The molecule has 0 bridgehead atoms. The predicted octanol–water partition coefficient (Wildman–Crippen LogP) is 4.95. The highest BCUT2D eigenvalue weighted by molar-refractivity contribution is 7.10. The summed E-state index contributed by atoms with van der Waals surface area (Å²) in [5.74, 6) is 0.187. The second kappa shape index (κ2) is 6.37. The Balaban J connectivity index is 1.85. The Bertz CT molecular complexity index is 553. The molecule has 0 radical (unpaired) electrons. The van der Waals surface area contributed by atoms with Gasteiger partial charge >= 0.3 is 6.18 Å². The summed E-state index contributed by atoms with van der Waals surface area (Å²) in [7, 11) is 0. The lowest BCUT2D eigenvalue weighted by Gasteiger charge is -2.10. The standard InChI is InChI=1S/C13H11ClF3NOS/c14-9-5-12(20-7-9)6-18-10-1-3-11(4-2-10)19-8-13(15,16)17/h1-5,7,18H,6,8H2. The van der Waals surface area contributed by atoms with Crippen LogP contribution in [0, 0.1) is 0 Å². The Kier molecular flexibility index (Phi) is 4.77. The first-order valence-corrected chi connectivity index (χ1v) is 6.94. The fourth-order valence-electron chi connectivity index (χ4n) is 1.47. The molecule has 2 nitrogen and oxygen atoms in total. The van der Waals surface area contributed by atoms with Gasteiger partial charge in [0.1, 0.15) is 5.75 Å². The van der Waals surface area contributed by atoms with Crippen LogP contribution in [0.25, 0.3) is 0 Å². The molecule has 0 aliphatic heterocycles. The molecule has 1 aromatic heterocycles. The third kappa shape index (κ3) is 4.94. The molecular weight excluding hydrogens is 311 g/mol. The highest BCUT2D eigenvalue weighted by Crippen LogP contribution is 2.22. The summed E-state index contributed by atoms with van der Waals surface area (Å²) >= 11 is 7.35. The third-order valence-corrected chi connectivity index (χ3v) is 3.63. The average Bonchev–Trinajstić information content (AvgIpc) is 2.80. The molecule has 0 atom stereocenters. The highest BCUT2D eigenvalue weighted by atomic mass is 35.5. The molecule has 0 saturated carbocycles. The van der Waals surface area contributed by atoms with Gasteiger partial charge in [0, 0.05) is 22.5 Å². The van der Waals surface area contributed by atoms with Crippen molar-refractivity contribution in [3.05, 3.63) is 45.6 Å². The predicted molar refractivity (Wildman–Crippen MR) is 74.6 cm³/mol. The van der Waals surface area contributed by atoms with E-state index in [0.717, 1.165) is 10.6 Å². The van der Waals surface area contributed by atoms with Crippen molar-refractivity contribution in [1.82, 2.24) is 0 Å². The lowest BCUT2D eigenvalue weighted by Crippen LogP contribution is -2.19. The van der Waals surface area contributed by atoms with Crippen LogP contribution in [0.2, 0.25) is 5.02 Å². The number of nitrogens with one attached hydrogen (secondary N) is 1. The lowest BCUT2D eigenvalue weighted by molar-refractivity contribution is -0.153. The Labute approximate surface area is 123 Å². The molecule has 0 aliphatic carbocycles. The molecule has 1 heterocycles. The maximum Gasteiger partial charge on any atom is 0.422 e. The fraction of sp³-hybridized carbons (Fsp3) is 0.231. The van der Waals surface area contributed by atoms with Crippen LogP contribution >= 0.6 is 22.9 Å². The molecule has 1 N–H and O–H groups in total. The second-order valence-electron chi connectivity index (χ2n) is 4.01. The van der Waals surface area contributed by atoms with Gasteiger partial charge in [0.05, 0.1) is 5.02 Å². The topological polar surface area (TPSA) is 21.3 Å². The van der Waals surface area contributed by atoms with Crippen LogP contribution in [0.5, 0.6) is 5.75 Å². The van der Waals surface area contributed by atoms with Crippen molar-refractivity contribution in [3.8, 4) is 5.75 Å². The molecule has 0 amide bonds. The van der Waals surface area contributed by atoms with Crippen molar-refractivity contribution in [2.24, 2.45) is 0 Å². The van der Waals surface area contributed by atoms with E-state index in [1.165, 1.54) is 23.5 Å². The normalized spacial score (nSPS) is 11.4. The van der Waals surface area contributed by atoms with Gasteiger partial charge in [-0.25, -0.2) is 0 Å². The minimum Gasteiger partial charge on any atom is -0.484 e. The first-order chi connectivity index (χ1) is 9.42. The minimum absolute atomic E-state index is 0.187. The number of halogens is 4. The number of hydrogen-bond donors (Lipinski definition) is 1. The molecular formula is C13H11ClF3NOS. The highest BCUT2D eigenvalue weighted by Gasteiger charge is 2.28. The van der Waals surface area contributed by atoms with Crippen molar-refractivity contribution in [2.45, 2.75) is 12.7 Å². The van der Waals surface area contributed by atoms with E-state index in [1.54, 1.807) is 12.1 Å². The molecule has 0 saturated heterocycles. The van der Waals surface area contributed by atoms with Crippen LogP contribution in [0.4, 0.5) is 18.9 Å². The maximum absolute atomic E-state index is 12.0. The maximum atomic E-state index is 12.0. The molecule has 108 valence electrons. The number of ether oxygens (including phenoxy) is 1. The number of hydrogen-bond acceptors (Lipinski definition) is 3. The van der Waals surface area contributed by atoms with E-state index in [0.29, 0.717) is 11.6 Å². The first-order valence-electron chi connectivity index (χ1n) is 5.69. The van der Waals surface area contributed by atoms with Crippen LogP contribution in [0.1, 0.15) is 4.88 Å². The van der Waals surface area contributed by atoms with Crippen LogP contribution in [0.15, 0.2) is 35.7 Å². The van der Waals surface area contributed by atoms with Gasteiger partial charge in [0.25, 0.3) is 0 Å². The van der Waals surface area contributed by atoms with Gasteiger partial charge in [0.2, 0.25) is 0 Å². The largest absolute Gasteiger partial charge is 0.484 e. The Morgan fingerprint density at radius 2 is 1.90 bits per heavy atom.